The molecule has 15 heavy (non-hydrogen) atoms. The highest BCUT2D eigenvalue weighted by Crippen LogP contribution is 2.28. The van der Waals surface area contributed by atoms with Crippen molar-refractivity contribution in [3.63, 3.8) is 0 Å². The van der Waals surface area contributed by atoms with Crippen LogP contribution in [0.4, 0.5) is 0 Å². The van der Waals surface area contributed by atoms with Crippen LogP contribution in [-0.4, -0.2) is 18.8 Å². The fourth-order valence-corrected chi connectivity index (χ4v) is 1.37. The Bertz CT molecular complexity index is 386. The number of hydrogen-bond acceptors (Lipinski definition) is 3. The zero-order valence-corrected chi connectivity index (χ0v) is 8.71. The third kappa shape index (κ3) is 2.62. The monoisotopic (exact) mass is 207 g/mol. The summed E-state index contributed by atoms with van der Waals surface area (Å²) in [5, 5.41) is 12.6. The molecular weight excluding hydrogens is 194 g/mol. The molecule has 0 heterocycles. The number of benzene rings is 1. The molecular formula is C10H13N3O2. The van der Waals surface area contributed by atoms with Gasteiger partial charge in [0.15, 0.2) is 0 Å². The molecule has 0 aliphatic heterocycles. The van der Waals surface area contributed by atoms with E-state index >= 15 is 0 Å². The molecule has 1 aromatic rings. The van der Waals surface area contributed by atoms with Gasteiger partial charge in [0.2, 0.25) is 0 Å². The Morgan fingerprint density at radius 2 is 2.33 bits per heavy atom. The summed E-state index contributed by atoms with van der Waals surface area (Å²) in [6, 6.07) is 4.94. The molecule has 0 amide bonds. The minimum Gasteiger partial charge on any atom is -0.496 e. The van der Waals surface area contributed by atoms with Gasteiger partial charge >= 0.3 is 0 Å². The number of methoxy groups -OCH3 is 1. The van der Waals surface area contributed by atoms with Gasteiger partial charge in [0.1, 0.15) is 5.75 Å². The normalized spacial score (nSPS) is 11.7. The van der Waals surface area contributed by atoms with Gasteiger partial charge < -0.3 is 9.84 Å². The first kappa shape index (κ1) is 11.4. The van der Waals surface area contributed by atoms with Crippen LogP contribution < -0.4 is 4.74 Å². The van der Waals surface area contributed by atoms with E-state index in [-0.39, 0.29) is 6.61 Å². The average molecular weight is 207 g/mol. The van der Waals surface area contributed by atoms with Crippen molar-refractivity contribution in [2.24, 2.45) is 5.11 Å². The zero-order chi connectivity index (χ0) is 11.3. The number of rotatable bonds is 4. The highest BCUT2D eigenvalue weighted by Gasteiger charge is 2.13. The van der Waals surface area contributed by atoms with E-state index in [2.05, 4.69) is 10.0 Å². The van der Waals surface area contributed by atoms with Gasteiger partial charge in [0, 0.05) is 10.5 Å². The second kappa shape index (κ2) is 5.24. The maximum absolute atomic E-state index is 9.10. The number of aliphatic hydroxyl groups is 1. The lowest BCUT2D eigenvalue weighted by Gasteiger charge is -2.13. The highest BCUT2D eigenvalue weighted by atomic mass is 16.5. The second-order valence-corrected chi connectivity index (χ2v) is 3.15. The Morgan fingerprint density at radius 3 is 2.87 bits per heavy atom. The molecule has 0 fully saturated rings. The van der Waals surface area contributed by atoms with Crippen LogP contribution >= 0.6 is 0 Å². The molecule has 1 N–H and O–H groups in total. The molecule has 1 unspecified atom stereocenters. The van der Waals surface area contributed by atoms with Crippen molar-refractivity contribution in [2.75, 3.05) is 13.7 Å². The topological polar surface area (TPSA) is 78.2 Å². The summed E-state index contributed by atoms with van der Waals surface area (Å²) in [5.41, 5.74) is 10.1. The smallest absolute Gasteiger partial charge is 0.122 e. The molecule has 0 saturated carbocycles. The van der Waals surface area contributed by atoms with Crippen LogP contribution in [-0.2, 0) is 0 Å². The van der Waals surface area contributed by atoms with Crippen molar-refractivity contribution in [1.82, 2.24) is 0 Å². The number of aryl methyl sites for hydroxylation is 1. The fraction of sp³-hybridized carbons (Fsp3) is 0.400. The van der Waals surface area contributed by atoms with Crippen molar-refractivity contribution in [3.05, 3.63) is 39.8 Å². The Kier molecular flexibility index (Phi) is 3.97. The maximum atomic E-state index is 9.10. The maximum Gasteiger partial charge on any atom is 0.122 e. The molecule has 80 valence electrons. The van der Waals surface area contributed by atoms with E-state index in [9.17, 15) is 0 Å². The minimum absolute atomic E-state index is 0.232. The van der Waals surface area contributed by atoms with Crippen molar-refractivity contribution in [1.29, 1.82) is 0 Å². The van der Waals surface area contributed by atoms with Crippen molar-refractivity contribution in [2.45, 2.75) is 13.0 Å². The van der Waals surface area contributed by atoms with E-state index in [4.69, 9.17) is 15.4 Å². The lowest BCUT2D eigenvalue weighted by molar-refractivity contribution is 0.264. The summed E-state index contributed by atoms with van der Waals surface area (Å²) in [6.45, 7) is 1.69. The molecule has 0 aliphatic rings. The van der Waals surface area contributed by atoms with E-state index in [1.54, 1.807) is 13.2 Å². The summed E-state index contributed by atoms with van der Waals surface area (Å²) < 4.78 is 5.14. The average Bonchev–Trinajstić information content (AvgIpc) is 2.26. The minimum atomic E-state index is -0.593. The molecule has 1 rings (SSSR count). The van der Waals surface area contributed by atoms with Gasteiger partial charge in [-0.3, -0.25) is 0 Å². The summed E-state index contributed by atoms with van der Waals surface area (Å²) in [4.78, 5) is 2.70. The predicted molar refractivity (Wildman–Crippen MR) is 56.7 cm³/mol. The molecule has 1 atom stereocenters. The first-order chi connectivity index (χ1) is 7.22. The molecule has 0 radical (unpaired) electrons. The molecule has 5 heteroatoms. The molecule has 0 saturated heterocycles. The number of azide groups is 1. The quantitative estimate of drug-likeness (QED) is 0.467. The van der Waals surface area contributed by atoms with Crippen molar-refractivity contribution >= 4 is 0 Å². The lowest BCUT2D eigenvalue weighted by Crippen LogP contribution is -2.03. The third-order valence-corrected chi connectivity index (χ3v) is 2.11. The van der Waals surface area contributed by atoms with E-state index in [1.807, 2.05) is 19.1 Å². The zero-order valence-electron chi connectivity index (χ0n) is 8.71. The Morgan fingerprint density at radius 1 is 1.60 bits per heavy atom. The summed E-state index contributed by atoms with van der Waals surface area (Å²) in [5.74, 6) is 0.618. The summed E-state index contributed by atoms with van der Waals surface area (Å²) >= 11 is 0. The lowest BCUT2D eigenvalue weighted by atomic mass is 10.0. The number of hydrogen-bond donors (Lipinski definition) is 1. The third-order valence-electron chi connectivity index (χ3n) is 2.11. The van der Waals surface area contributed by atoms with E-state index < -0.39 is 6.04 Å². The SMILES string of the molecule is COc1ccc(C)cc1C(CO)N=[N+]=[N-]. The van der Waals surface area contributed by atoms with Gasteiger partial charge in [-0.2, -0.15) is 0 Å². The number of aliphatic hydroxyl groups excluding tert-OH is 1. The highest BCUT2D eigenvalue weighted by molar-refractivity contribution is 5.39. The summed E-state index contributed by atoms with van der Waals surface area (Å²) in [6.07, 6.45) is 0. The second-order valence-electron chi connectivity index (χ2n) is 3.15. The molecule has 0 aliphatic carbocycles. The van der Waals surface area contributed by atoms with Gasteiger partial charge in [-0.25, -0.2) is 0 Å². The van der Waals surface area contributed by atoms with E-state index in [1.165, 1.54) is 0 Å². The molecule has 1 aromatic carbocycles. The van der Waals surface area contributed by atoms with Gasteiger partial charge in [0.05, 0.1) is 19.8 Å². The van der Waals surface area contributed by atoms with Crippen LogP contribution in [0.15, 0.2) is 23.3 Å². The molecule has 0 spiro atoms. The standard InChI is InChI=1S/C10H13N3O2/c1-7-3-4-10(15-2)8(5-7)9(6-14)12-13-11/h3-5,9,14H,6H2,1-2H3. The first-order valence-corrected chi connectivity index (χ1v) is 4.52. The van der Waals surface area contributed by atoms with Crippen LogP contribution in [0.2, 0.25) is 0 Å². The van der Waals surface area contributed by atoms with Crippen LogP contribution in [0.3, 0.4) is 0 Å². The first-order valence-electron chi connectivity index (χ1n) is 4.52. The molecule has 5 nitrogen and oxygen atoms in total. The molecule has 0 aromatic heterocycles. The van der Waals surface area contributed by atoms with Crippen LogP contribution in [0.25, 0.3) is 10.4 Å². The van der Waals surface area contributed by atoms with Gasteiger partial charge in [-0.1, -0.05) is 22.8 Å². The Hall–Kier alpha value is -1.71. The van der Waals surface area contributed by atoms with Crippen LogP contribution in [0.5, 0.6) is 5.75 Å². The van der Waals surface area contributed by atoms with Gasteiger partial charge in [0.25, 0.3) is 0 Å². The van der Waals surface area contributed by atoms with Crippen LogP contribution in [0, 0.1) is 6.92 Å². The van der Waals surface area contributed by atoms with E-state index in [0.29, 0.717) is 11.3 Å². The Labute approximate surface area is 87.9 Å². The van der Waals surface area contributed by atoms with Crippen molar-refractivity contribution < 1.29 is 9.84 Å². The number of nitrogens with zero attached hydrogens (tertiary/aromatic N) is 3. The predicted octanol–water partition coefficient (Wildman–Crippen LogP) is 2.35. The van der Waals surface area contributed by atoms with E-state index in [0.717, 1.165) is 5.56 Å². The van der Waals surface area contributed by atoms with Gasteiger partial charge in [-0.05, 0) is 18.5 Å². The van der Waals surface area contributed by atoms with Gasteiger partial charge in [-0.15, -0.1) is 0 Å². The summed E-state index contributed by atoms with van der Waals surface area (Å²) in [7, 11) is 1.54. The molecule has 0 bridgehead atoms. The Balaban J connectivity index is 3.19. The largest absolute Gasteiger partial charge is 0.496 e. The number of ether oxygens (including phenoxy) is 1. The van der Waals surface area contributed by atoms with Crippen molar-refractivity contribution in [3.8, 4) is 5.75 Å². The van der Waals surface area contributed by atoms with Crippen LogP contribution in [0.1, 0.15) is 17.2 Å². The fourth-order valence-electron chi connectivity index (χ4n) is 1.37.